The fourth-order valence-electron chi connectivity index (χ4n) is 2.50. The van der Waals surface area contributed by atoms with E-state index in [-0.39, 0.29) is 5.91 Å². The van der Waals surface area contributed by atoms with Gasteiger partial charge < -0.3 is 15.4 Å². The van der Waals surface area contributed by atoms with Gasteiger partial charge in [-0.05, 0) is 46.3 Å². The lowest BCUT2D eigenvalue weighted by Gasteiger charge is -2.13. The SMILES string of the molecule is COc1ccccc1CNC(=O)c1cccnc1Nc1ccccc1Br. The maximum atomic E-state index is 12.7. The molecule has 0 saturated carbocycles. The standard InChI is InChI=1S/C20H18BrN3O2/c1-26-18-11-5-2-7-14(18)13-23-20(25)15-8-6-12-22-19(15)24-17-10-4-3-9-16(17)21/h2-12H,13H2,1H3,(H,22,24)(H,23,25). The van der Waals surface area contributed by atoms with Crippen molar-refractivity contribution in [3.63, 3.8) is 0 Å². The van der Waals surface area contributed by atoms with E-state index >= 15 is 0 Å². The number of aromatic nitrogens is 1. The molecule has 5 nitrogen and oxygen atoms in total. The van der Waals surface area contributed by atoms with Crippen LogP contribution >= 0.6 is 15.9 Å². The molecule has 2 aromatic carbocycles. The van der Waals surface area contributed by atoms with Crippen LogP contribution in [0.15, 0.2) is 71.3 Å². The Morgan fingerprint density at radius 3 is 2.65 bits per heavy atom. The summed E-state index contributed by atoms with van der Waals surface area (Å²) in [7, 11) is 1.61. The minimum atomic E-state index is -0.210. The first kappa shape index (κ1) is 17.9. The third kappa shape index (κ3) is 4.21. The van der Waals surface area contributed by atoms with Crippen molar-refractivity contribution in [2.45, 2.75) is 6.54 Å². The van der Waals surface area contributed by atoms with Gasteiger partial charge in [-0.3, -0.25) is 4.79 Å². The highest BCUT2D eigenvalue weighted by Crippen LogP contribution is 2.26. The molecular formula is C20H18BrN3O2. The van der Waals surface area contributed by atoms with E-state index in [1.807, 2.05) is 48.5 Å². The summed E-state index contributed by atoms with van der Waals surface area (Å²) in [5.41, 5.74) is 2.22. The van der Waals surface area contributed by atoms with Gasteiger partial charge in [-0.1, -0.05) is 30.3 Å². The first-order chi connectivity index (χ1) is 12.7. The van der Waals surface area contributed by atoms with Crippen LogP contribution in [0.3, 0.4) is 0 Å². The number of para-hydroxylation sites is 2. The molecule has 2 N–H and O–H groups in total. The summed E-state index contributed by atoms with van der Waals surface area (Å²) in [6.07, 6.45) is 1.65. The molecule has 0 aliphatic rings. The molecule has 6 heteroatoms. The Kier molecular flexibility index (Phi) is 5.86. The van der Waals surface area contributed by atoms with E-state index in [2.05, 4.69) is 31.5 Å². The summed E-state index contributed by atoms with van der Waals surface area (Å²) in [5, 5.41) is 6.12. The van der Waals surface area contributed by atoms with Gasteiger partial charge in [0.25, 0.3) is 5.91 Å². The molecule has 1 aromatic heterocycles. The zero-order chi connectivity index (χ0) is 18.4. The van der Waals surface area contributed by atoms with Crippen LogP contribution < -0.4 is 15.4 Å². The smallest absolute Gasteiger partial charge is 0.255 e. The summed E-state index contributed by atoms with van der Waals surface area (Å²) in [4.78, 5) is 17.0. The van der Waals surface area contributed by atoms with Gasteiger partial charge in [0.2, 0.25) is 0 Å². The van der Waals surface area contributed by atoms with Crippen molar-refractivity contribution in [3.05, 3.63) is 82.5 Å². The highest BCUT2D eigenvalue weighted by atomic mass is 79.9. The second kappa shape index (κ2) is 8.49. The molecule has 3 rings (SSSR count). The zero-order valence-electron chi connectivity index (χ0n) is 14.2. The van der Waals surface area contributed by atoms with Crippen LogP contribution in [-0.2, 0) is 6.54 Å². The van der Waals surface area contributed by atoms with E-state index < -0.39 is 0 Å². The topological polar surface area (TPSA) is 63.2 Å². The second-order valence-corrected chi connectivity index (χ2v) is 6.35. The summed E-state index contributed by atoms with van der Waals surface area (Å²) >= 11 is 3.49. The van der Waals surface area contributed by atoms with Crippen LogP contribution in [0.25, 0.3) is 0 Å². The van der Waals surface area contributed by atoms with Gasteiger partial charge in [-0.25, -0.2) is 4.98 Å². The number of hydrogen-bond donors (Lipinski definition) is 2. The fourth-order valence-corrected chi connectivity index (χ4v) is 2.88. The number of methoxy groups -OCH3 is 1. The monoisotopic (exact) mass is 411 g/mol. The lowest BCUT2D eigenvalue weighted by atomic mass is 10.2. The van der Waals surface area contributed by atoms with E-state index in [0.29, 0.717) is 17.9 Å². The average molecular weight is 412 g/mol. The van der Waals surface area contributed by atoms with Crippen LogP contribution in [0.4, 0.5) is 11.5 Å². The third-order valence-corrected chi connectivity index (χ3v) is 4.50. The normalized spacial score (nSPS) is 10.2. The number of pyridine rings is 1. The van der Waals surface area contributed by atoms with Crippen LogP contribution in [0.1, 0.15) is 15.9 Å². The largest absolute Gasteiger partial charge is 0.496 e. The average Bonchev–Trinajstić information content (AvgIpc) is 2.68. The Morgan fingerprint density at radius 2 is 1.85 bits per heavy atom. The van der Waals surface area contributed by atoms with Gasteiger partial charge in [-0.15, -0.1) is 0 Å². The van der Waals surface area contributed by atoms with E-state index in [1.165, 1.54) is 0 Å². The van der Waals surface area contributed by atoms with Crippen molar-refractivity contribution in [2.75, 3.05) is 12.4 Å². The Balaban J connectivity index is 1.77. The first-order valence-corrected chi connectivity index (χ1v) is 8.85. The number of benzene rings is 2. The van der Waals surface area contributed by atoms with Gasteiger partial charge in [0.1, 0.15) is 11.6 Å². The summed E-state index contributed by atoms with van der Waals surface area (Å²) in [6, 6.07) is 18.7. The van der Waals surface area contributed by atoms with E-state index in [4.69, 9.17) is 4.74 Å². The van der Waals surface area contributed by atoms with Crippen LogP contribution in [0, 0.1) is 0 Å². The first-order valence-electron chi connectivity index (χ1n) is 8.05. The highest BCUT2D eigenvalue weighted by Gasteiger charge is 2.14. The summed E-state index contributed by atoms with van der Waals surface area (Å²) < 4.78 is 6.21. The molecule has 0 unspecified atom stereocenters. The van der Waals surface area contributed by atoms with Gasteiger partial charge in [0, 0.05) is 22.8 Å². The lowest BCUT2D eigenvalue weighted by molar-refractivity contribution is 0.0951. The van der Waals surface area contributed by atoms with Crippen LogP contribution in [0.2, 0.25) is 0 Å². The summed E-state index contributed by atoms with van der Waals surface area (Å²) in [6.45, 7) is 0.367. The molecule has 3 aromatic rings. The minimum Gasteiger partial charge on any atom is -0.496 e. The molecule has 0 bridgehead atoms. The molecule has 132 valence electrons. The predicted octanol–water partition coefficient (Wildman–Crippen LogP) is 4.53. The number of carbonyl (C=O) groups is 1. The Bertz CT molecular complexity index is 915. The number of halogens is 1. The molecule has 26 heavy (non-hydrogen) atoms. The van der Waals surface area contributed by atoms with Gasteiger partial charge in [-0.2, -0.15) is 0 Å². The quantitative estimate of drug-likeness (QED) is 0.625. The minimum absolute atomic E-state index is 0.210. The fraction of sp³-hybridized carbons (Fsp3) is 0.100. The predicted molar refractivity (Wildman–Crippen MR) is 106 cm³/mol. The molecule has 0 radical (unpaired) electrons. The number of carbonyl (C=O) groups excluding carboxylic acids is 1. The van der Waals surface area contributed by atoms with Crippen molar-refractivity contribution >= 4 is 33.3 Å². The Morgan fingerprint density at radius 1 is 1.08 bits per heavy atom. The van der Waals surface area contributed by atoms with Gasteiger partial charge in [0.05, 0.1) is 18.4 Å². The maximum Gasteiger partial charge on any atom is 0.255 e. The highest BCUT2D eigenvalue weighted by molar-refractivity contribution is 9.10. The lowest BCUT2D eigenvalue weighted by Crippen LogP contribution is -2.24. The van der Waals surface area contributed by atoms with Crippen LogP contribution in [-0.4, -0.2) is 18.0 Å². The summed E-state index contributed by atoms with van der Waals surface area (Å²) in [5.74, 6) is 1.03. The van der Waals surface area contributed by atoms with Crippen LogP contribution in [0.5, 0.6) is 5.75 Å². The molecule has 0 aliphatic heterocycles. The van der Waals surface area contributed by atoms with Crippen molar-refractivity contribution in [1.29, 1.82) is 0 Å². The number of nitrogens with zero attached hydrogens (tertiary/aromatic N) is 1. The number of ether oxygens (including phenoxy) is 1. The van der Waals surface area contributed by atoms with Crippen molar-refractivity contribution < 1.29 is 9.53 Å². The number of anilines is 2. The van der Waals surface area contributed by atoms with E-state index in [1.54, 1.807) is 25.4 Å². The molecule has 1 amide bonds. The molecule has 1 heterocycles. The number of nitrogens with one attached hydrogen (secondary N) is 2. The molecule has 0 aliphatic carbocycles. The number of amides is 1. The Hall–Kier alpha value is -2.86. The maximum absolute atomic E-state index is 12.7. The number of hydrogen-bond acceptors (Lipinski definition) is 4. The van der Waals surface area contributed by atoms with E-state index in [0.717, 1.165) is 21.5 Å². The van der Waals surface area contributed by atoms with Crippen molar-refractivity contribution in [3.8, 4) is 5.75 Å². The van der Waals surface area contributed by atoms with Crippen molar-refractivity contribution in [1.82, 2.24) is 10.3 Å². The molecule has 0 spiro atoms. The molecule has 0 saturated heterocycles. The van der Waals surface area contributed by atoms with Crippen molar-refractivity contribution in [2.24, 2.45) is 0 Å². The zero-order valence-corrected chi connectivity index (χ0v) is 15.8. The third-order valence-electron chi connectivity index (χ3n) is 3.81. The molecular weight excluding hydrogens is 394 g/mol. The van der Waals surface area contributed by atoms with E-state index in [9.17, 15) is 4.79 Å². The Labute approximate surface area is 160 Å². The van der Waals surface area contributed by atoms with Gasteiger partial charge >= 0.3 is 0 Å². The number of rotatable bonds is 6. The molecule has 0 fully saturated rings. The molecule has 0 atom stereocenters. The second-order valence-electron chi connectivity index (χ2n) is 5.50. The van der Waals surface area contributed by atoms with Gasteiger partial charge in [0.15, 0.2) is 0 Å².